The molecule has 2 aromatic carbocycles. The molecule has 3 aromatic heterocycles. The molecular formula is C51H60FN11O5. The Hall–Kier alpha value is -6.64. The highest BCUT2D eigenvalue weighted by atomic mass is 19.1. The second-order valence-corrected chi connectivity index (χ2v) is 19.8. The molecule has 3 saturated heterocycles. The van der Waals surface area contributed by atoms with Crippen LogP contribution in [0.4, 0.5) is 15.1 Å². The summed E-state index contributed by atoms with van der Waals surface area (Å²) in [5, 5.41) is 36.6. The van der Waals surface area contributed by atoms with Crippen LogP contribution >= 0.6 is 0 Å². The molecule has 17 heteroatoms. The molecule has 9 rings (SSSR count). The maximum atomic E-state index is 14.6. The number of para-hydroxylation sites is 1. The van der Waals surface area contributed by atoms with Gasteiger partial charge in [0.05, 0.1) is 17.8 Å². The number of rotatable bonds is 9. The highest BCUT2D eigenvalue weighted by Gasteiger charge is 2.45. The molecule has 0 bridgehead atoms. The van der Waals surface area contributed by atoms with Crippen molar-refractivity contribution < 1.29 is 29.0 Å². The zero-order valence-corrected chi connectivity index (χ0v) is 39.1. The van der Waals surface area contributed by atoms with Gasteiger partial charge in [-0.2, -0.15) is 0 Å². The number of carbonyl (C=O) groups is 3. The number of carbonyl (C=O) groups excluding carboxylic acids is 3. The Kier molecular flexibility index (Phi) is 13.1. The fourth-order valence-corrected chi connectivity index (χ4v) is 10.6. The maximum Gasteiger partial charge on any atom is 0.318 e. The van der Waals surface area contributed by atoms with E-state index in [9.17, 15) is 29.0 Å². The number of nitrogens with zero attached hydrogens (tertiary/aromatic N) is 8. The van der Waals surface area contributed by atoms with Crippen LogP contribution in [0.3, 0.4) is 0 Å². The van der Waals surface area contributed by atoms with Crippen molar-refractivity contribution in [3.63, 3.8) is 0 Å². The number of aromatic hydroxyl groups is 1. The van der Waals surface area contributed by atoms with Gasteiger partial charge in [0.25, 0.3) is 0 Å². The van der Waals surface area contributed by atoms with Crippen LogP contribution in [0.2, 0.25) is 0 Å². The Morgan fingerprint density at radius 3 is 2.41 bits per heavy atom. The Morgan fingerprint density at radius 1 is 0.985 bits per heavy atom. The van der Waals surface area contributed by atoms with E-state index in [2.05, 4.69) is 48.5 Å². The minimum atomic E-state index is -0.983. The molecule has 0 aliphatic carbocycles. The van der Waals surface area contributed by atoms with Gasteiger partial charge in [-0.15, -0.1) is 16.6 Å². The first kappa shape index (κ1) is 46.5. The number of benzene rings is 2. The molecule has 7 heterocycles. The van der Waals surface area contributed by atoms with Crippen molar-refractivity contribution in [3.05, 3.63) is 94.7 Å². The van der Waals surface area contributed by atoms with E-state index in [1.165, 1.54) is 17.0 Å². The first-order chi connectivity index (χ1) is 32.7. The number of fused-ring (bicyclic) bond motifs is 3. The minimum Gasteiger partial charge on any atom is -0.507 e. The van der Waals surface area contributed by atoms with E-state index in [4.69, 9.17) is 16.4 Å². The maximum absolute atomic E-state index is 14.6. The third kappa shape index (κ3) is 9.44. The number of likely N-dealkylation sites (tertiary alicyclic amines) is 3. The number of aromatic amines is 1. The number of H-pyrrole nitrogens is 1. The van der Waals surface area contributed by atoms with Crippen molar-refractivity contribution in [1.82, 2.24) is 50.5 Å². The molecule has 0 spiro atoms. The second kappa shape index (κ2) is 19.2. The zero-order chi connectivity index (χ0) is 47.9. The van der Waals surface area contributed by atoms with E-state index in [1.807, 2.05) is 51.4 Å². The van der Waals surface area contributed by atoms with Crippen LogP contribution in [0.5, 0.6) is 5.75 Å². The van der Waals surface area contributed by atoms with Crippen molar-refractivity contribution >= 4 is 34.8 Å². The van der Waals surface area contributed by atoms with Crippen LogP contribution < -0.4 is 15.5 Å². The fourth-order valence-electron chi connectivity index (χ4n) is 10.6. The van der Waals surface area contributed by atoms with Gasteiger partial charge >= 0.3 is 6.03 Å². The number of β-amino-alcohol motifs (C(OH)–C–C–N with tert-alkyl or cyclic N) is 1. The van der Waals surface area contributed by atoms with Gasteiger partial charge in [0.1, 0.15) is 23.7 Å². The van der Waals surface area contributed by atoms with Crippen molar-refractivity contribution in [1.29, 1.82) is 0 Å². The standard InChI is InChI=1S/C51H60FN11O5/c1-6-31-11-12-33(39(52)23-31)26-53-47(66)42-24-36(64)29-63(42)48(67)45(51(3,4)5)57-50(68)61-20-15-35(16-21-61)60-18-13-32(14-19-60)34-27-54-49(55-28-34)62-22-17-40-44(30(62)2)38-25-41(58-59-46(38)56-40)37-9-7-8-10-43(37)65/h1,7-12,23,25,27-28,30,32,35-36,42,45,64-65H,13-22,24,26,29H2,2-5H3,(H,53,66)(H,56,59)(H,57,68)/t30-,36-,42+,45-/m1/s1. The Bertz CT molecular complexity index is 2720. The fraction of sp³-hybridized carbons (Fsp3) is 0.471. The Balaban J connectivity index is 0.761. The summed E-state index contributed by atoms with van der Waals surface area (Å²) in [6.07, 6.45) is 12.8. The van der Waals surface area contributed by atoms with Gasteiger partial charge in [-0.25, -0.2) is 19.2 Å². The van der Waals surface area contributed by atoms with Crippen LogP contribution in [0.1, 0.15) is 99.7 Å². The van der Waals surface area contributed by atoms with E-state index in [-0.39, 0.29) is 42.9 Å². The van der Waals surface area contributed by atoms with E-state index in [1.54, 1.807) is 23.1 Å². The average Bonchev–Trinajstić information content (AvgIpc) is 3.93. The van der Waals surface area contributed by atoms with Gasteiger partial charge in [-0.1, -0.05) is 44.9 Å². The quantitative estimate of drug-likeness (QED) is 0.119. The molecule has 16 nitrogen and oxygen atoms in total. The van der Waals surface area contributed by atoms with Crippen LogP contribution in [-0.4, -0.2) is 131 Å². The summed E-state index contributed by atoms with van der Waals surface area (Å²) >= 11 is 0. The lowest BCUT2D eigenvalue weighted by Gasteiger charge is -2.42. The summed E-state index contributed by atoms with van der Waals surface area (Å²) < 4.78 is 14.6. The highest BCUT2D eigenvalue weighted by molar-refractivity contribution is 5.93. The van der Waals surface area contributed by atoms with E-state index in [0.29, 0.717) is 47.8 Å². The molecule has 4 aliphatic heterocycles. The predicted molar refractivity (Wildman–Crippen MR) is 255 cm³/mol. The number of terminal acetylenes is 1. The predicted octanol–water partition coefficient (Wildman–Crippen LogP) is 5.41. The zero-order valence-electron chi connectivity index (χ0n) is 39.1. The van der Waals surface area contributed by atoms with Gasteiger partial charge < -0.3 is 45.4 Å². The van der Waals surface area contributed by atoms with E-state index >= 15 is 0 Å². The average molecular weight is 926 g/mol. The molecule has 68 heavy (non-hydrogen) atoms. The van der Waals surface area contributed by atoms with Gasteiger partial charge in [0.2, 0.25) is 17.8 Å². The minimum absolute atomic E-state index is 0.00813. The molecule has 356 valence electrons. The monoisotopic (exact) mass is 925 g/mol. The third-order valence-corrected chi connectivity index (χ3v) is 14.4. The van der Waals surface area contributed by atoms with Crippen molar-refractivity contribution in [3.8, 4) is 29.4 Å². The number of aromatic nitrogens is 5. The van der Waals surface area contributed by atoms with E-state index < -0.39 is 41.2 Å². The number of halogens is 1. The number of phenols is 1. The lowest BCUT2D eigenvalue weighted by atomic mass is 9.85. The topological polar surface area (TPSA) is 196 Å². The van der Waals surface area contributed by atoms with Gasteiger partial charge in [0.15, 0.2) is 5.65 Å². The molecule has 0 radical (unpaired) electrons. The molecular weight excluding hydrogens is 866 g/mol. The van der Waals surface area contributed by atoms with Crippen molar-refractivity contribution in [2.24, 2.45) is 5.41 Å². The smallest absolute Gasteiger partial charge is 0.318 e. The van der Waals surface area contributed by atoms with Crippen molar-refractivity contribution in [2.45, 2.75) is 109 Å². The first-order valence-electron chi connectivity index (χ1n) is 23.7. The number of anilines is 1. The van der Waals surface area contributed by atoms with Gasteiger partial charge in [-0.3, -0.25) is 9.59 Å². The number of phenolic OH excluding ortho intramolecular Hbond substituents is 1. The highest BCUT2D eigenvalue weighted by Crippen LogP contribution is 2.39. The lowest BCUT2D eigenvalue weighted by Crippen LogP contribution is -2.60. The molecule has 5 N–H and O–H groups in total. The first-order valence-corrected chi connectivity index (χ1v) is 23.7. The Labute approximate surface area is 395 Å². The second-order valence-electron chi connectivity index (χ2n) is 19.8. The summed E-state index contributed by atoms with van der Waals surface area (Å²) in [5.74, 6) is 2.06. The summed E-state index contributed by atoms with van der Waals surface area (Å²) in [6.45, 7) is 11.3. The molecule has 0 saturated carbocycles. The van der Waals surface area contributed by atoms with Gasteiger partial charge in [-0.05, 0) is 92.9 Å². The number of aliphatic hydroxyl groups excluding tert-OH is 1. The number of nitrogens with one attached hydrogen (secondary N) is 3. The summed E-state index contributed by atoms with van der Waals surface area (Å²) in [7, 11) is 0. The normalized spacial score (nSPS) is 21.1. The third-order valence-electron chi connectivity index (χ3n) is 14.4. The number of hydrogen-bond acceptors (Lipinski definition) is 11. The lowest BCUT2D eigenvalue weighted by molar-refractivity contribution is -0.142. The van der Waals surface area contributed by atoms with Crippen LogP contribution in [-0.2, 0) is 22.6 Å². The molecule has 4 atom stereocenters. The Morgan fingerprint density at radius 2 is 1.72 bits per heavy atom. The molecule has 3 fully saturated rings. The van der Waals surface area contributed by atoms with Crippen LogP contribution in [0.15, 0.2) is 60.9 Å². The number of amides is 4. The summed E-state index contributed by atoms with van der Waals surface area (Å²) in [5.41, 5.74) is 5.31. The van der Waals surface area contributed by atoms with Crippen LogP contribution in [0, 0.1) is 23.6 Å². The largest absolute Gasteiger partial charge is 0.507 e. The summed E-state index contributed by atoms with van der Waals surface area (Å²) in [6, 6.07) is 11.5. The number of urea groups is 1. The van der Waals surface area contributed by atoms with E-state index in [0.717, 1.165) is 79.6 Å². The van der Waals surface area contributed by atoms with Crippen molar-refractivity contribution in [2.75, 3.05) is 44.2 Å². The number of hydrogen-bond donors (Lipinski definition) is 5. The number of aliphatic hydroxyl groups is 1. The molecule has 4 amide bonds. The number of piperidine rings is 2. The summed E-state index contributed by atoms with van der Waals surface area (Å²) in [4.78, 5) is 62.5. The molecule has 0 unspecified atom stereocenters. The van der Waals surface area contributed by atoms with Crippen LogP contribution in [0.25, 0.3) is 22.3 Å². The molecule has 5 aromatic rings. The molecule has 4 aliphatic rings. The SMILES string of the molecule is C#Cc1ccc(CNC(=O)[C@@H]2C[C@@H](O)CN2C(=O)[C@@H](NC(=O)N2CCC(N3CCC(c4cnc(N5CCc6[nH]c7nnc(-c8ccccc8O)cc7c6[C@H]5C)nc4)CC3)CC2)C(C)(C)C)c(F)c1. The van der Waals surface area contributed by atoms with Gasteiger partial charge in [0, 0.05) is 97.3 Å².